The van der Waals surface area contributed by atoms with Gasteiger partial charge in [0.1, 0.15) is 0 Å². The predicted octanol–water partition coefficient (Wildman–Crippen LogP) is -0.359. The average molecular weight is 198 g/mol. The van der Waals surface area contributed by atoms with E-state index in [2.05, 4.69) is 4.98 Å². The molecule has 1 aromatic rings. The van der Waals surface area contributed by atoms with E-state index in [9.17, 15) is 14.4 Å². The van der Waals surface area contributed by atoms with Crippen molar-refractivity contribution < 1.29 is 9.90 Å². The molecule has 0 saturated carbocycles. The van der Waals surface area contributed by atoms with Crippen molar-refractivity contribution in [3.05, 3.63) is 32.6 Å². The van der Waals surface area contributed by atoms with Crippen molar-refractivity contribution in [2.45, 2.75) is 19.3 Å². The highest BCUT2D eigenvalue weighted by Gasteiger charge is 2.18. The van der Waals surface area contributed by atoms with E-state index in [1.54, 1.807) is 6.92 Å². The molecule has 1 rings (SSSR count). The number of aliphatic carboxylic acids is 1. The van der Waals surface area contributed by atoms with Crippen molar-refractivity contribution in [1.82, 2.24) is 9.97 Å². The third kappa shape index (κ3) is 2.09. The number of hydrogen-bond donors (Lipinski definition) is 3. The molecule has 1 unspecified atom stereocenters. The minimum Gasteiger partial charge on any atom is -0.481 e. The minimum absolute atomic E-state index is 0.133. The molecule has 0 aliphatic heterocycles. The van der Waals surface area contributed by atoms with Gasteiger partial charge in [-0.15, -0.1) is 0 Å². The Bertz CT molecular complexity index is 417. The second kappa shape index (κ2) is 3.91. The van der Waals surface area contributed by atoms with Gasteiger partial charge in [0.15, 0.2) is 0 Å². The lowest BCUT2D eigenvalue weighted by Crippen LogP contribution is -2.26. The summed E-state index contributed by atoms with van der Waals surface area (Å²) < 4.78 is 0. The first kappa shape index (κ1) is 10.2. The number of hydrogen-bond acceptors (Lipinski definition) is 3. The van der Waals surface area contributed by atoms with Crippen LogP contribution in [0.25, 0.3) is 0 Å². The van der Waals surface area contributed by atoms with Gasteiger partial charge >= 0.3 is 11.7 Å². The van der Waals surface area contributed by atoms with Gasteiger partial charge in [-0.05, 0) is 6.42 Å². The number of carboxylic acids is 1. The fraction of sp³-hybridized carbons (Fsp3) is 0.375. The zero-order valence-electron chi connectivity index (χ0n) is 7.53. The van der Waals surface area contributed by atoms with Crippen LogP contribution in [0.5, 0.6) is 0 Å². The third-order valence-electron chi connectivity index (χ3n) is 1.86. The average Bonchev–Trinajstić information content (AvgIpc) is 2.02. The lowest BCUT2D eigenvalue weighted by Gasteiger charge is -2.07. The topological polar surface area (TPSA) is 103 Å². The maximum atomic E-state index is 10.9. The first-order valence-corrected chi connectivity index (χ1v) is 4.11. The number of aromatic nitrogens is 2. The lowest BCUT2D eigenvalue weighted by molar-refractivity contribution is -0.138. The third-order valence-corrected chi connectivity index (χ3v) is 1.86. The first-order valence-electron chi connectivity index (χ1n) is 4.11. The molecule has 1 atom stereocenters. The van der Waals surface area contributed by atoms with Crippen molar-refractivity contribution in [3.8, 4) is 0 Å². The SMILES string of the molecule is CCC(C(=O)O)c1cc(=O)[nH]c(=O)[nH]1. The van der Waals surface area contributed by atoms with Crippen LogP contribution in [0, 0.1) is 0 Å². The van der Waals surface area contributed by atoms with Gasteiger partial charge < -0.3 is 10.1 Å². The molecule has 0 bridgehead atoms. The fourth-order valence-corrected chi connectivity index (χ4v) is 1.20. The van der Waals surface area contributed by atoms with Crippen LogP contribution in [0.4, 0.5) is 0 Å². The highest BCUT2D eigenvalue weighted by molar-refractivity contribution is 5.75. The summed E-state index contributed by atoms with van der Waals surface area (Å²) in [6.07, 6.45) is 0.314. The summed E-state index contributed by atoms with van der Waals surface area (Å²) in [7, 11) is 0. The molecular formula is C8H10N2O4. The van der Waals surface area contributed by atoms with Crippen molar-refractivity contribution in [3.63, 3.8) is 0 Å². The van der Waals surface area contributed by atoms with E-state index < -0.39 is 23.1 Å². The van der Waals surface area contributed by atoms with Crippen LogP contribution in [0.3, 0.4) is 0 Å². The molecule has 0 amide bonds. The summed E-state index contributed by atoms with van der Waals surface area (Å²) >= 11 is 0. The Kier molecular flexibility index (Phi) is 2.85. The van der Waals surface area contributed by atoms with Gasteiger partial charge in [-0.25, -0.2) is 4.79 Å². The van der Waals surface area contributed by atoms with Gasteiger partial charge in [-0.2, -0.15) is 0 Å². The van der Waals surface area contributed by atoms with Crippen LogP contribution in [0.15, 0.2) is 15.7 Å². The van der Waals surface area contributed by atoms with E-state index in [4.69, 9.17) is 5.11 Å². The monoisotopic (exact) mass is 198 g/mol. The minimum atomic E-state index is -1.06. The standard InChI is InChI=1S/C8H10N2O4/c1-2-4(7(12)13)5-3-6(11)10-8(14)9-5/h3-4H,2H2,1H3,(H,12,13)(H2,9,10,11,14). The maximum Gasteiger partial charge on any atom is 0.325 e. The quantitative estimate of drug-likeness (QED) is 0.617. The Balaban J connectivity index is 3.23. The summed E-state index contributed by atoms with van der Waals surface area (Å²) in [5.74, 6) is -1.90. The van der Waals surface area contributed by atoms with E-state index in [1.807, 2.05) is 4.98 Å². The second-order valence-corrected chi connectivity index (χ2v) is 2.84. The van der Waals surface area contributed by atoms with Gasteiger partial charge in [0.25, 0.3) is 5.56 Å². The summed E-state index contributed by atoms with van der Waals surface area (Å²) in [5.41, 5.74) is -1.15. The van der Waals surface area contributed by atoms with E-state index in [0.717, 1.165) is 6.07 Å². The second-order valence-electron chi connectivity index (χ2n) is 2.84. The molecule has 1 heterocycles. The number of aromatic amines is 2. The number of carbonyl (C=O) groups is 1. The van der Waals surface area contributed by atoms with Gasteiger partial charge in [0.05, 0.1) is 5.92 Å². The first-order chi connectivity index (χ1) is 6.54. The van der Waals surface area contributed by atoms with Gasteiger partial charge in [0, 0.05) is 11.8 Å². The molecule has 76 valence electrons. The fourth-order valence-electron chi connectivity index (χ4n) is 1.20. The van der Waals surface area contributed by atoms with Crippen LogP contribution < -0.4 is 11.2 Å². The molecule has 0 aliphatic carbocycles. The molecule has 0 aliphatic rings. The highest BCUT2D eigenvalue weighted by atomic mass is 16.4. The Morgan fingerprint density at radius 2 is 2.14 bits per heavy atom. The summed E-state index contributed by atoms with van der Waals surface area (Å²) in [5, 5.41) is 8.77. The highest BCUT2D eigenvalue weighted by Crippen LogP contribution is 2.14. The Morgan fingerprint density at radius 1 is 1.50 bits per heavy atom. The van der Waals surface area contributed by atoms with Crippen LogP contribution in [-0.4, -0.2) is 21.0 Å². The number of rotatable bonds is 3. The Hall–Kier alpha value is -1.85. The van der Waals surface area contributed by atoms with Crippen molar-refractivity contribution in [2.75, 3.05) is 0 Å². The summed E-state index contributed by atoms with van der Waals surface area (Å²) in [4.78, 5) is 36.7. The Labute approximate surface area is 78.6 Å². The largest absolute Gasteiger partial charge is 0.481 e. The zero-order chi connectivity index (χ0) is 10.7. The smallest absolute Gasteiger partial charge is 0.325 e. The van der Waals surface area contributed by atoms with Crippen molar-refractivity contribution >= 4 is 5.97 Å². The van der Waals surface area contributed by atoms with Crippen molar-refractivity contribution in [2.24, 2.45) is 0 Å². The van der Waals surface area contributed by atoms with Crippen molar-refractivity contribution in [1.29, 1.82) is 0 Å². The number of carboxylic acid groups (broad SMARTS) is 1. The molecule has 0 spiro atoms. The zero-order valence-corrected chi connectivity index (χ0v) is 7.53. The maximum absolute atomic E-state index is 10.9. The van der Waals surface area contributed by atoms with E-state index >= 15 is 0 Å². The molecule has 1 aromatic heterocycles. The molecule has 14 heavy (non-hydrogen) atoms. The Morgan fingerprint density at radius 3 is 2.57 bits per heavy atom. The predicted molar refractivity (Wildman–Crippen MR) is 48.4 cm³/mol. The van der Waals surface area contributed by atoms with E-state index in [-0.39, 0.29) is 5.69 Å². The van der Waals surface area contributed by atoms with Gasteiger partial charge in [-0.1, -0.05) is 6.92 Å². The summed E-state index contributed by atoms with van der Waals surface area (Å²) in [6.45, 7) is 1.66. The van der Waals surface area contributed by atoms with Crippen LogP contribution in [-0.2, 0) is 4.79 Å². The van der Waals surface area contributed by atoms with Crippen LogP contribution in [0.2, 0.25) is 0 Å². The van der Waals surface area contributed by atoms with E-state index in [1.165, 1.54) is 0 Å². The van der Waals surface area contributed by atoms with Gasteiger partial charge in [0.2, 0.25) is 0 Å². The normalized spacial score (nSPS) is 12.4. The van der Waals surface area contributed by atoms with Crippen LogP contribution in [0.1, 0.15) is 25.0 Å². The molecule has 6 nitrogen and oxygen atoms in total. The molecule has 0 saturated heterocycles. The van der Waals surface area contributed by atoms with Gasteiger partial charge in [-0.3, -0.25) is 14.6 Å². The summed E-state index contributed by atoms with van der Waals surface area (Å²) in [6, 6.07) is 1.09. The molecule has 0 radical (unpaired) electrons. The molecule has 3 N–H and O–H groups in total. The molecular weight excluding hydrogens is 188 g/mol. The molecule has 0 fully saturated rings. The molecule has 0 aromatic carbocycles. The number of H-pyrrole nitrogens is 2. The van der Waals surface area contributed by atoms with E-state index in [0.29, 0.717) is 6.42 Å². The number of nitrogens with one attached hydrogen (secondary N) is 2. The lowest BCUT2D eigenvalue weighted by atomic mass is 10.0. The van der Waals surface area contributed by atoms with Crippen LogP contribution >= 0.6 is 0 Å². The molecule has 6 heteroatoms.